The number of hydrogen-bond acceptors (Lipinski definition) is 5. The molecular formula is C13H14N4OS. The van der Waals surface area contributed by atoms with E-state index in [1.165, 1.54) is 0 Å². The van der Waals surface area contributed by atoms with Gasteiger partial charge in [0.05, 0.1) is 18.4 Å². The van der Waals surface area contributed by atoms with Crippen LogP contribution >= 0.6 is 12.2 Å². The van der Waals surface area contributed by atoms with Crippen molar-refractivity contribution in [1.82, 2.24) is 10.2 Å². The largest absolute Gasteiger partial charge is 0.389 e. The zero-order chi connectivity index (χ0) is 13.7. The van der Waals surface area contributed by atoms with Crippen molar-refractivity contribution in [3.05, 3.63) is 47.7 Å². The van der Waals surface area contributed by atoms with Gasteiger partial charge in [-0.15, -0.1) is 5.10 Å². The van der Waals surface area contributed by atoms with Crippen LogP contribution in [0.4, 0.5) is 11.5 Å². The molecule has 5 nitrogen and oxygen atoms in total. The van der Waals surface area contributed by atoms with Crippen molar-refractivity contribution in [2.75, 3.05) is 12.4 Å². The molecule has 0 spiro atoms. The van der Waals surface area contributed by atoms with Gasteiger partial charge in [-0.3, -0.25) is 0 Å². The van der Waals surface area contributed by atoms with Crippen molar-refractivity contribution in [2.24, 2.45) is 5.73 Å². The molecule has 0 fully saturated rings. The van der Waals surface area contributed by atoms with Gasteiger partial charge in [0.2, 0.25) is 0 Å². The Labute approximate surface area is 116 Å². The number of nitrogens with one attached hydrogen (secondary N) is 1. The maximum Gasteiger partial charge on any atom is 0.163 e. The number of methoxy groups -OCH3 is 1. The minimum atomic E-state index is 0.279. The summed E-state index contributed by atoms with van der Waals surface area (Å²) in [5.41, 5.74) is 8.24. The van der Waals surface area contributed by atoms with Crippen LogP contribution in [0.25, 0.3) is 0 Å². The zero-order valence-electron chi connectivity index (χ0n) is 10.5. The van der Waals surface area contributed by atoms with Crippen molar-refractivity contribution in [2.45, 2.75) is 6.61 Å². The molecule has 0 unspecified atom stereocenters. The number of aromatic nitrogens is 2. The van der Waals surface area contributed by atoms with Gasteiger partial charge < -0.3 is 15.8 Å². The van der Waals surface area contributed by atoms with Crippen molar-refractivity contribution < 1.29 is 4.74 Å². The molecule has 0 saturated heterocycles. The van der Waals surface area contributed by atoms with Crippen molar-refractivity contribution in [3.63, 3.8) is 0 Å². The highest BCUT2D eigenvalue weighted by molar-refractivity contribution is 7.80. The van der Waals surface area contributed by atoms with E-state index in [0.29, 0.717) is 18.0 Å². The number of rotatable bonds is 5. The summed E-state index contributed by atoms with van der Waals surface area (Å²) in [7, 11) is 1.65. The fourth-order valence-electron chi connectivity index (χ4n) is 1.67. The predicted molar refractivity (Wildman–Crippen MR) is 78.4 cm³/mol. The highest BCUT2D eigenvalue weighted by Gasteiger charge is 2.09. The molecule has 2 aromatic rings. The summed E-state index contributed by atoms with van der Waals surface area (Å²) in [6.07, 6.45) is 1.56. The van der Waals surface area contributed by atoms with Crippen molar-refractivity contribution in [3.8, 4) is 0 Å². The molecule has 1 aromatic heterocycles. The first-order valence-electron chi connectivity index (χ1n) is 5.67. The highest BCUT2D eigenvalue weighted by Crippen LogP contribution is 2.22. The molecule has 2 rings (SSSR count). The van der Waals surface area contributed by atoms with Crippen LogP contribution < -0.4 is 11.1 Å². The van der Waals surface area contributed by atoms with Crippen LogP contribution in [-0.2, 0) is 11.3 Å². The van der Waals surface area contributed by atoms with Gasteiger partial charge in [0.15, 0.2) is 5.82 Å². The van der Waals surface area contributed by atoms with E-state index in [0.717, 1.165) is 11.3 Å². The number of hydrogen-bond donors (Lipinski definition) is 2. The van der Waals surface area contributed by atoms with Gasteiger partial charge in [-0.25, -0.2) is 0 Å². The Balaban J connectivity index is 2.34. The van der Waals surface area contributed by atoms with E-state index < -0.39 is 0 Å². The van der Waals surface area contributed by atoms with Gasteiger partial charge in [-0.05, 0) is 12.1 Å². The van der Waals surface area contributed by atoms with Crippen LogP contribution in [0.2, 0.25) is 0 Å². The number of anilines is 2. The molecule has 98 valence electrons. The number of nitrogens with two attached hydrogens (primary N) is 1. The molecule has 0 aliphatic rings. The summed E-state index contributed by atoms with van der Waals surface area (Å²) in [4.78, 5) is 0.279. The molecule has 0 bridgehead atoms. The lowest BCUT2D eigenvalue weighted by Gasteiger charge is -2.12. The topological polar surface area (TPSA) is 73.1 Å². The average molecular weight is 274 g/mol. The molecule has 0 aliphatic carbocycles. The highest BCUT2D eigenvalue weighted by atomic mass is 32.1. The SMILES string of the molecule is COCc1ccccc1Nc1nnccc1C(N)=S. The third-order valence-corrected chi connectivity index (χ3v) is 2.78. The van der Waals surface area contributed by atoms with Gasteiger partial charge in [0.1, 0.15) is 4.99 Å². The van der Waals surface area contributed by atoms with Gasteiger partial charge in [0, 0.05) is 18.4 Å². The van der Waals surface area contributed by atoms with E-state index in [1.807, 2.05) is 24.3 Å². The maximum atomic E-state index is 5.66. The van der Waals surface area contributed by atoms with Crippen LogP contribution in [0, 0.1) is 0 Å². The quantitative estimate of drug-likeness (QED) is 0.812. The number of nitrogens with zero attached hydrogens (tertiary/aromatic N) is 2. The van der Waals surface area contributed by atoms with Crippen LogP contribution in [-0.4, -0.2) is 22.3 Å². The van der Waals surface area contributed by atoms with Crippen LogP contribution in [0.3, 0.4) is 0 Å². The fourth-order valence-corrected chi connectivity index (χ4v) is 1.84. The Morgan fingerprint density at radius 3 is 2.89 bits per heavy atom. The van der Waals surface area contributed by atoms with E-state index in [-0.39, 0.29) is 4.99 Å². The Hall–Kier alpha value is -2.05. The molecule has 1 heterocycles. The minimum Gasteiger partial charge on any atom is -0.389 e. The zero-order valence-corrected chi connectivity index (χ0v) is 11.3. The summed E-state index contributed by atoms with van der Waals surface area (Å²) in [6.45, 7) is 0.506. The van der Waals surface area contributed by atoms with E-state index in [1.54, 1.807) is 19.4 Å². The second-order valence-electron chi connectivity index (χ2n) is 3.87. The Morgan fingerprint density at radius 2 is 2.16 bits per heavy atom. The minimum absolute atomic E-state index is 0.279. The van der Waals surface area contributed by atoms with Gasteiger partial charge in [-0.2, -0.15) is 5.10 Å². The lowest BCUT2D eigenvalue weighted by Crippen LogP contribution is -2.13. The lowest BCUT2D eigenvalue weighted by molar-refractivity contribution is 0.185. The lowest BCUT2D eigenvalue weighted by atomic mass is 10.2. The van der Waals surface area contributed by atoms with E-state index in [4.69, 9.17) is 22.7 Å². The second kappa shape index (κ2) is 6.21. The van der Waals surface area contributed by atoms with Crippen LogP contribution in [0.1, 0.15) is 11.1 Å². The Bertz CT molecular complexity index is 588. The third kappa shape index (κ3) is 3.24. The predicted octanol–water partition coefficient (Wildman–Crippen LogP) is 2.00. The van der Waals surface area contributed by atoms with Crippen molar-refractivity contribution >= 4 is 28.7 Å². The average Bonchev–Trinajstić information content (AvgIpc) is 2.42. The monoisotopic (exact) mass is 274 g/mol. The molecule has 19 heavy (non-hydrogen) atoms. The number of para-hydroxylation sites is 1. The van der Waals surface area contributed by atoms with Crippen molar-refractivity contribution in [1.29, 1.82) is 0 Å². The van der Waals surface area contributed by atoms with E-state index >= 15 is 0 Å². The fraction of sp³-hybridized carbons (Fsp3) is 0.154. The first-order chi connectivity index (χ1) is 9.22. The number of ether oxygens (including phenoxy) is 1. The molecule has 0 radical (unpaired) electrons. The molecule has 3 N–H and O–H groups in total. The number of benzene rings is 1. The van der Waals surface area contributed by atoms with E-state index in [2.05, 4.69) is 15.5 Å². The number of thiocarbonyl (C=S) groups is 1. The summed E-state index contributed by atoms with van der Waals surface area (Å²) in [6, 6.07) is 9.52. The summed E-state index contributed by atoms with van der Waals surface area (Å²) < 4.78 is 5.16. The standard InChI is InChI=1S/C13H14N4OS/c1-18-8-9-4-2-3-5-11(9)16-13-10(12(14)19)6-7-15-17-13/h2-7H,8H2,1H3,(H2,14,19)(H,16,17). The molecule has 6 heteroatoms. The molecule has 0 saturated carbocycles. The van der Waals surface area contributed by atoms with Crippen LogP contribution in [0.15, 0.2) is 36.5 Å². The molecular weight excluding hydrogens is 260 g/mol. The summed E-state index contributed by atoms with van der Waals surface area (Å²) in [5, 5.41) is 11.1. The van der Waals surface area contributed by atoms with Gasteiger partial charge in [0.25, 0.3) is 0 Å². The summed E-state index contributed by atoms with van der Waals surface area (Å²) in [5.74, 6) is 0.540. The second-order valence-corrected chi connectivity index (χ2v) is 4.31. The third-order valence-electron chi connectivity index (χ3n) is 2.56. The van der Waals surface area contributed by atoms with Gasteiger partial charge >= 0.3 is 0 Å². The van der Waals surface area contributed by atoms with E-state index in [9.17, 15) is 0 Å². The summed E-state index contributed by atoms with van der Waals surface area (Å²) >= 11 is 5.00. The first kappa shape index (κ1) is 13.4. The maximum absolute atomic E-state index is 5.66. The molecule has 0 aliphatic heterocycles. The Kier molecular flexibility index (Phi) is 4.38. The Morgan fingerprint density at radius 1 is 1.37 bits per heavy atom. The normalized spacial score (nSPS) is 10.2. The first-order valence-corrected chi connectivity index (χ1v) is 6.08. The smallest absolute Gasteiger partial charge is 0.163 e. The van der Waals surface area contributed by atoms with Gasteiger partial charge in [-0.1, -0.05) is 30.4 Å². The molecule has 0 amide bonds. The molecule has 0 atom stereocenters. The van der Waals surface area contributed by atoms with Crippen LogP contribution in [0.5, 0.6) is 0 Å². The molecule has 1 aromatic carbocycles.